The number of carbonyl (C=O) groups excluding carboxylic acids is 2. The second-order valence-electron chi connectivity index (χ2n) is 4.86. The Bertz CT molecular complexity index is 502. The maximum atomic E-state index is 12.2. The van der Waals surface area contributed by atoms with Crippen LogP contribution in [0, 0.1) is 0 Å². The summed E-state index contributed by atoms with van der Waals surface area (Å²) in [4.78, 5) is 25.6. The molecule has 2 amide bonds. The van der Waals surface area contributed by atoms with E-state index in [0.29, 0.717) is 18.0 Å². The van der Waals surface area contributed by atoms with Crippen LogP contribution in [0.5, 0.6) is 5.75 Å². The van der Waals surface area contributed by atoms with Gasteiger partial charge in [-0.15, -0.1) is 0 Å². The molecule has 20 heavy (non-hydrogen) atoms. The lowest BCUT2D eigenvalue weighted by Gasteiger charge is -2.32. The average molecular weight is 276 g/mol. The minimum atomic E-state index is -0.562. The molecule has 0 saturated heterocycles. The third kappa shape index (κ3) is 3.10. The number of amides is 2. The van der Waals surface area contributed by atoms with Crippen molar-refractivity contribution in [3.63, 3.8) is 0 Å². The maximum absolute atomic E-state index is 12.2. The van der Waals surface area contributed by atoms with Crippen molar-refractivity contribution in [1.82, 2.24) is 5.32 Å². The first kappa shape index (κ1) is 14.4. The quantitative estimate of drug-likeness (QED) is 0.833. The fourth-order valence-electron chi connectivity index (χ4n) is 2.13. The monoisotopic (exact) mass is 276 g/mol. The van der Waals surface area contributed by atoms with Gasteiger partial charge < -0.3 is 10.1 Å². The second-order valence-corrected chi connectivity index (χ2v) is 4.86. The van der Waals surface area contributed by atoms with Gasteiger partial charge in [-0.3, -0.25) is 14.5 Å². The van der Waals surface area contributed by atoms with Crippen LogP contribution < -0.4 is 15.0 Å². The molecule has 1 aliphatic rings. The second kappa shape index (κ2) is 6.41. The number of para-hydroxylation sites is 2. The molecule has 2 rings (SSSR count). The van der Waals surface area contributed by atoms with Gasteiger partial charge in [0.2, 0.25) is 5.91 Å². The van der Waals surface area contributed by atoms with Gasteiger partial charge in [-0.2, -0.15) is 0 Å². The first-order valence-corrected chi connectivity index (χ1v) is 6.97. The number of rotatable bonds is 5. The van der Waals surface area contributed by atoms with E-state index >= 15 is 0 Å². The molecule has 1 atom stereocenters. The summed E-state index contributed by atoms with van der Waals surface area (Å²) in [5.74, 6) is 0.311. The number of nitrogens with one attached hydrogen (secondary N) is 1. The van der Waals surface area contributed by atoms with Gasteiger partial charge in [-0.1, -0.05) is 25.5 Å². The number of nitrogens with zero attached hydrogens (tertiary/aromatic N) is 1. The van der Waals surface area contributed by atoms with Crippen molar-refractivity contribution >= 4 is 17.5 Å². The number of ether oxygens (including phenoxy) is 1. The highest BCUT2D eigenvalue weighted by Crippen LogP contribution is 2.33. The average Bonchev–Trinajstić information content (AvgIpc) is 2.44. The van der Waals surface area contributed by atoms with Crippen molar-refractivity contribution < 1.29 is 14.3 Å². The van der Waals surface area contributed by atoms with E-state index in [-0.39, 0.29) is 18.4 Å². The Kier molecular flexibility index (Phi) is 4.61. The minimum absolute atomic E-state index is 0.0350. The summed E-state index contributed by atoms with van der Waals surface area (Å²) in [6.45, 7) is 4.44. The van der Waals surface area contributed by atoms with Gasteiger partial charge in [-0.05, 0) is 25.5 Å². The van der Waals surface area contributed by atoms with E-state index < -0.39 is 6.10 Å². The Balaban J connectivity index is 2.09. The summed E-state index contributed by atoms with van der Waals surface area (Å²) in [5, 5.41) is 2.82. The van der Waals surface area contributed by atoms with Gasteiger partial charge in [0, 0.05) is 6.54 Å². The molecule has 0 saturated carbocycles. The SMILES string of the molecule is CCCCNC(=O)CN1C(=O)C(C)Oc2ccccc21. The van der Waals surface area contributed by atoms with E-state index in [1.807, 2.05) is 12.1 Å². The molecule has 5 nitrogen and oxygen atoms in total. The summed E-state index contributed by atoms with van der Waals surface area (Å²) in [5.41, 5.74) is 0.654. The Labute approximate surface area is 118 Å². The fraction of sp³-hybridized carbons (Fsp3) is 0.467. The van der Waals surface area contributed by atoms with E-state index in [1.54, 1.807) is 19.1 Å². The third-order valence-corrected chi connectivity index (χ3v) is 3.23. The molecule has 0 aromatic heterocycles. The Hall–Kier alpha value is -2.04. The van der Waals surface area contributed by atoms with Gasteiger partial charge >= 0.3 is 0 Å². The largest absolute Gasteiger partial charge is 0.479 e. The summed E-state index contributed by atoms with van der Waals surface area (Å²) in [7, 11) is 0. The molecule has 0 radical (unpaired) electrons. The molecule has 5 heteroatoms. The lowest BCUT2D eigenvalue weighted by atomic mass is 10.2. The van der Waals surface area contributed by atoms with Crippen LogP contribution in [0.3, 0.4) is 0 Å². The predicted octanol–water partition coefficient (Wildman–Crippen LogP) is 1.72. The zero-order chi connectivity index (χ0) is 14.5. The van der Waals surface area contributed by atoms with Gasteiger partial charge in [0.1, 0.15) is 12.3 Å². The Morgan fingerprint density at radius 1 is 1.40 bits per heavy atom. The molecule has 0 aliphatic carbocycles. The van der Waals surface area contributed by atoms with E-state index in [0.717, 1.165) is 12.8 Å². The van der Waals surface area contributed by atoms with Crippen molar-refractivity contribution in [1.29, 1.82) is 0 Å². The van der Waals surface area contributed by atoms with Crippen LogP contribution >= 0.6 is 0 Å². The van der Waals surface area contributed by atoms with Crippen molar-refractivity contribution in [2.24, 2.45) is 0 Å². The zero-order valence-electron chi connectivity index (χ0n) is 11.9. The molecule has 0 bridgehead atoms. The van der Waals surface area contributed by atoms with Crippen molar-refractivity contribution in [2.45, 2.75) is 32.8 Å². The van der Waals surface area contributed by atoms with Crippen molar-refractivity contribution in [3.8, 4) is 5.75 Å². The lowest BCUT2D eigenvalue weighted by Crippen LogP contribution is -2.48. The molecule has 1 aliphatic heterocycles. The van der Waals surface area contributed by atoms with Crippen LogP contribution in [-0.4, -0.2) is 31.0 Å². The van der Waals surface area contributed by atoms with Gasteiger partial charge in [-0.25, -0.2) is 0 Å². The normalized spacial score (nSPS) is 17.4. The Morgan fingerprint density at radius 2 is 2.15 bits per heavy atom. The first-order chi connectivity index (χ1) is 9.63. The molecular formula is C15H20N2O3. The highest BCUT2D eigenvalue weighted by atomic mass is 16.5. The smallest absolute Gasteiger partial charge is 0.268 e. The Morgan fingerprint density at radius 3 is 2.90 bits per heavy atom. The van der Waals surface area contributed by atoms with Crippen LogP contribution in [0.4, 0.5) is 5.69 Å². The third-order valence-electron chi connectivity index (χ3n) is 3.23. The van der Waals surface area contributed by atoms with Gasteiger partial charge in [0.25, 0.3) is 5.91 Å². The number of anilines is 1. The summed E-state index contributed by atoms with van der Waals surface area (Å²) < 4.78 is 5.53. The van der Waals surface area contributed by atoms with E-state index in [1.165, 1.54) is 4.90 Å². The maximum Gasteiger partial charge on any atom is 0.268 e. The summed E-state index contributed by atoms with van der Waals surface area (Å²) >= 11 is 0. The molecule has 1 unspecified atom stereocenters. The molecular weight excluding hydrogens is 256 g/mol. The van der Waals surface area contributed by atoms with Crippen molar-refractivity contribution in [2.75, 3.05) is 18.0 Å². The van der Waals surface area contributed by atoms with Crippen LogP contribution in [-0.2, 0) is 9.59 Å². The number of carbonyl (C=O) groups is 2. The molecule has 1 aromatic carbocycles. The number of benzene rings is 1. The van der Waals surface area contributed by atoms with Crippen LogP contribution in [0.15, 0.2) is 24.3 Å². The molecule has 108 valence electrons. The number of hydrogen-bond acceptors (Lipinski definition) is 3. The van der Waals surface area contributed by atoms with E-state index in [9.17, 15) is 9.59 Å². The standard InChI is InChI=1S/C15H20N2O3/c1-3-4-9-16-14(18)10-17-12-7-5-6-8-13(12)20-11(2)15(17)19/h5-8,11H,3-4,9-10H2,1-2H3,(H,16,18). The number of unbranched alkanes of at least 4 members (excludes halogenated alkanes) is 1. The molecule has 1 N–H and O–H groups in total. The first-order valence-electron chi connectivity index (χ1n) is 6.97. The van der Waals surface area contributed by atoms with E-state index in [4.69, 9.17) is 4.74 Å². The highest BCUT2D eigenvalue weighted by molar-refractivity contribution is 6.03. The number of fused-ring (bicyclic) bond motifs is 1. The minimum Gasteiger partial charge on any atom is -0.479 e. The number of hydrogen-bond donors (Lipinski definition) is 1. The molecule has 0 spiro atoms. The molecule has 1 heterocycles. The van der Waals surface area contributed by atoms with Crippen molar-refractivity contribution in [3.05, 3.63) is 24.3 Å². The fourth-order valence-corrected chi connectivity index (χ4v) is 2.13. The van der Waals surface area contributed by atoms with Gasteiger partial charge in [0.15, 0.2) is 6.10 Å². The predicted molar refractivity (Wildman–Crippen MR) is 76.8 cm³/mol. The molecule has 1 aromatic rings. The molecule has 0 fully saturated rings. The lowest BCUT2D eigenvalue weighted by molar-refractivity contribution is -0.128. The van der Waals surface area contributed by atoms with Crippen LogP contribution in [0.2, 0.25) is 0 Å². The van der Waals surface area contributed by atoms with Gasteiger partial charge in [0.05, 0.1) is 5.69 Å². The zero-order valence-corrected chi connectivity index (χ0v) is 11.9. The highest BCUT2D eigenvalue weighted by Gasteiger charge is 2.32. The summed E-state index contributed by atoms with van der Waals surface area (Å²) in [6.07, 6.45) is 1.40. The topological polar surface area (TPSA) is 58.6 Å². The van der Waals surface area contributed by atoms with Crippen LogP contribution in [0.25, 0.3) is 0 Å². The van der Waals surface area contributed by atoms with E-state index in [2.05, 4.69) is 12.2 Å². The van der Waals surface area contributed by atoms with Crippen LogP contribution in [0.1, 0.15) is 26.7 Å². The summed E-state index contributed by atoms with van der Waals surface area (Å²) in [6, 6.07) is 7.27.